The van der Waals surface area contributed by atoms with E-state index in [1.54, 1.807) is 0 Å². The number of halogens is 1. The molecular weight excluding hydrogens is 228 g/mol. The van der Waals surface area contributed by atoms with Gasteiger partial charge in [0.2, 0.25) is 0 Å². The maximum atomic E-state index is 10.5. The second-order valence-electron chi connectivity index (χ2n) is 2.89. The smallest absolute Gasteiger partial charge is 0.151 e. The van der Waals surface area contributed by atoms with Gasteiger partial charge in [-0.3, -0.25) is 0 Å². The molecule has 0 heterocycles. The SMILES string of the molecule is O=C[C@@H](OCCCl)[C@@H](O)[C@H](O)[C@H](O)CO. The summed E-state index contributed by atoms with van der Waals surface area (Å²) in [6.45, 7) is -0.691. The van der Waals surface area contributed by atoms with Crippen LogP contribution in [0.5, 0.6) is 0 Å². The summed E-state index contributed by atoms with van der Waals surface area (Å²) in [7, 11) is 0. The molecule has 0 aliphatic heterocycles. The molecule has 15 heavy (non-hydrogen) atoms. The van der Waals surface area contributed by atoms with Crippen LogP contribution in [0.2, 0.25) is 0 Å². The molecule has 4 atom stereocenters. The zero-order valence-corrected chi connectivity index (χ0v) is 8.75. The van der Waals surface area contributed by atoms with E-state index in [2.05, 4.69) is 0 Å². The molecule has 0 saturated heterocycles. The summed E-state index contributed by atoms with van der Waals surface area (Å²) in [6, 6.07) is 0. The van der Waals surface area contributed by atoms with Gasteiger partial charge in [0.05, 0.1) is 13.2 Å². The van der Waals surface area contributed by atoms with Gasteiger partial charge in [0, 0.05) is 5.88 Å². The number of aliphatic hydroxyl groups is 4. The van der Waals surface area contributed by atoms with Crippen LogP contribution in [0.25, 0.3) is 0 Å². The fourth-order valence-electron chi connectivity index (χ4n) is 0.929. The van der Waals surface area contributed by atoms with E-state index in [4.69, 9.17) is 26.6 Å². The lowest BCUT2D eigenvalue weighted by atomic mass is 10.0. The topological polar surface area (TPSA) is 107 Å². The Kier molecular flexibility index (Phi) is 7.85. The van der Waals surface area contributed by atoms with E-state index in [-0.39, 0.29) is 12.5 Å². The normalized spacial score (nSPS) is 19.3. The van der Waals surface area contributed by atoms with Crippen molar-refractivity contribution in [3.05, 3.63) is 0 Å². The molecule has 0 saturated carbocycles. The molecule has 0 radical (unpaired) electrons. The Morgan fingerprint density at radius 3 is 2.27 bits per heavy atom. The molecule has 0 unspecified atom stereocenters. The van der Waals surface area contributed by atoms with Gasteiger partial charge in [-0.25, -0.2) is 0 Å². The van der Waals surface area contributed by atoms with Crippen LogP contribution in [-0.2, 0) is 9.53 Å². The summed E-state index contributed by atoms with van der Waals surface area (Å²) in [6.07, 6.45) is -5.76. The van der Waals surface area contributed by atoms with Crippen LogP contribution in [0.4, 0.5) is 0 Å². The van der Waals surface area contributed by atoms with Crippen molar-refractivity contribution in [1.82, 2.24) is 0 Å². The minimum Gasteiger partial charge on any atom is -0.394 e. The molecule has 7 heteroatoms. The first-order valence-corrected chi connectivity index (χ1v) is 4.89. The summed E-state index contributed by atoms with van der Waals surface area (Å²) >= 11 is 5.30. The second kappa shape index (κ2) is 7.98. The third kappa shape index (κ3) is 4.87. The van der Waals surface area contributed by atoms with Crippen LogP contribution in [0.1, 0.15) is 0 Å². The van der Waals surface area contributed by atoms with Gasteiger partial charge in [-0.1, -0.05) is 0 Å². The maximum Gasteiger partial charge on any atom is 0.151 e. The Balaban J connectivity index is 4.23. The van der Waals surface area contributed by atoms with Crippen LogP contribution in [0.15, 0.2) is 0 Å². The first-order chi connectivity index (χ1) is 7.08. The maximum absolute atomic E-state index is 10.5. The van der Waals surface area contributed by atoms with Crippen molar-refractivity contribution in [3.63, 3.8) is 0 Å². The predicted octanol–water partition coefficient (Wildman–Crippen LogP) is -2.12. The molecule has 0 aliphatic carbocycles. The van der Waals surface area contributed by atoms with Crippen molar-refractivity contribution in [3.8, 4) is 0 Å². The van der Waals surface area contributed by atoms with Gasteiger partial charge >= 0.3 is 0 Å². The van der Waals surface area contributed by atoms with E-state index in [1.165, 1.54) is 0 Å². The fourth-order valence-corrected chi connectivity index (χ4v) is 1.02. The minimum atomic E-state index is -1.65. The number of hydrogen-bond acceptors (Lipinski definition) is 6. The molecule has 4 N–H and O–H groups in total. The van der Waals surface area contributed by atoms with Crippen molar-refractivity contribution in [1.29, 1.82) is 0 Å². The van der Waals surface area contributed by atoms with Gasteiger partial charge in [0.1, 0.15) is 24.4 Å². The summed E-state index contributed by atoms with van der Waals surface area (Å²) in [5, 5.41) is 36.2. The fraction of sp³-hybridized carbons (Fsp3) is 0.875. The van der Waals surface area contributed by atoms with Crippen molar-refractivity contribution in [2.75, 3.05) is 19.1 Å². The van der Waals surface area contributed by atoms with Gasteiger partial charge in [-0.2, -0.15) is 0 Å². The number of aliphatic hydroxyl groups excluding tert-OH is 4. The van der Waals surface area contributed by atoms with Crippen LogP contribution in [0.3, 0.4) is 0 Å². The van der Waals surface area contributed by atoms with Gasteiger partial charge < -0.3 is 30.0 Å². The molecular formula is C8H15ClO6. The number of aldehydes is 1. The summed E-state index contributed by atoms with van der Waals surface area (Å²) in [4.78, 5) is 10.5. The quantitative estimate of drug-likeness (QED) is 0.287. The van der Waals surface area contributed by atoms with Gasteiger partial charge in [-0.05, 0) is 0 Å². The van der Waals surface area contributed by atoms with Gasteiger partial charge in [0.15, 0.2) is 6.29 Å². The van der Waals surface area contributed by atoms with Gasteiger partial charge in [-0.15, -0.1) is 11.6 Å². The number of hydrogen-bond donors (Lipinski definition) is 4. The first-order valence-electron chi connectivity index (χ1n) is 4.36. The highest BCUT2D eigenvalue weighted by Gasteiger charge is 2.31. The third-order valence-corrected chi connectivity index (χ3v) is 1.94. The Morgan fingerprint density at radius 1 is 1.27 bits per heavy atom. The third-order valence-electron chi connectivity index (χ3n) is 1.79. The van der Waals surface area contributed by atoms with E-state index < -0.39 is 31.0 Å². The van der Waals surface area contributed by atoms with Gasteiger partial charge in [0.25, 0.3) is 0 Å². The Morgan fingerprint density at radius 2 is 1.87 bits per heavy atom. The lowest BCUT2D eigenvalue weighted by Gasteiger charge is -2.25. The average molecular weight is 243 g/mol. The molecule has 0 aromatic heterocycles. The molecule has 6 nitrogen and oxygen atoms in total. The van der Waals surface area contributed by atoms with Crippen molar-refractivity contribution >= 4 is 17.9 Å². The van der Waals surface area contributed by atoms with Crippen LogP contribution in [-0.4, -0.2) is 70.2 Å². The number of carbonyl (C=O) groups is 1. The first kappa shape index (κ1) is 14.8. The van der Waals surface area contributed by atoms with E-state index in [9.17, 15) is 15.0 Å². The Bertz CT molecular complexity index is 179. The van der Waals surface area contributed by atoms with Crippen molar-refractivity contribution in [2.45, 2.75) is 24.4 Å². The largest absolute Gasteiger partial charge is 0.394 e. The lowest BCUT2D eigenvalue weighted by Crippen LogP contribution is -2.47. The van der Waals surface area contributed by atoms with Crippen LogP contribution >= 0.6 is 11.6 Å². The molecule has 0 fully saturated rings. The number of ether oxygens (including phenoxy) is 1. The Hall–Kier alpha value is -0.240. The zero-order valence-electron chi connectivity index (χ0n) is 7.99. The summed E-state index contributed by atoms with van der Waals surface area (Å²) in [5.41, 5.74) is 0. The van der Waals surface area contributed by atoms with Crippen LogP contribution < -0.4 is 0 Å². The van der Waals surface area contributed by atoms with E-state index in [0.29, 0.717) is 6.29 Å². The van der Waals surface area contributed by atoms with Crippen molar-refractivity contribution in [2.24, 2.45) is 0 Å². The molecule has 0 amide bonds. The molecule has 0 aromatic carbocycles. The molecule has 0 aliphatic rings. The number of rotatable bonds is 8. The monoisotopic (exact) mass is 242 g/mol. The molecule has 0 aromatic rings. The zero-order chi connectivity index (χ0) is 11.8. The minimum absolute atomic E-state index is 0.0317. The Labute approximate surface area is 92.0 Å². The van der Waals surface area contributed by atoms with E-state index in [0.717, 1.165) is 0 Å². The van der Waals surface area contributed by atoms with E-state index >= 15 is 0 Å². The molecule has 90 valence electrons. The van der Waals surface area contributed by atoms with Crippen LogP contribution in [0, 0.1) is 0 Å². The highest BCUT2D eigenvalue weighted by Crippen LogP contribution is 2.06. The molecule has 0 bridgehead atoms. The highest BCUT2D eigenvalue weighted by molar-refractivity contribution is 6.17. The lowest BCUT2D eigenvalue weighted by molar-refractivity contribution is -0.144. The number of carbonyl (C=O) groups excluding carboxylic acids is 1. The highest BCUT2D eigenvalue weighted by atomic mass is 35.5. The predicted molar refractivity (Wildman–Crippen MR) is 51.6 cm³/mol. The summed E-state index contributed by atoms with van der Waals surface area (Å²) in [5.74, 6) is 0.135. The summed E-state index contributed by atoms with van der Waals surface area (Å²) < 4.78 is 4.82. The second-order valence-corrected chi connectivity index (χ2v) is 3.27. The molecule has 0 spiro atoms. The average Bonchev–Trinajstić information content (AvgIpc) is 2.27. The number of alkyl halides is 1. The standard InChI is InChI=1S/C8H15ClO6/c9-1-2-15-6(4-11)8(14)7(13)5(12)3-10/h4-8,10,12-14H,1-3H2/t5-,6-,7-,8-/m1/s1. The van der Waals surface area contributed by atoms with Crippen molar-refractivity contribution < 1.29 is 30.0 Å². The van der Waals surface area contributed by atoms with E-state index in [1.807, 2.05) is 0 Å². The molecule has 0 rings (SSSR count).